The van der Waals surface area contributed by atoms with Gasteiger partial charge in [0.1, 0.15) is 0 Å². The summed E-state index contributed by atoms with van der Waals surface area (Å²) in [5, 5.41) is 11.9. The highest BCUT2D eigenvalue weighted by Crippen LogP contribution is 2.00. The average Bonchev–Trinajstić information content (AvgIpc) is 2.25. The summed E-state index contributed by atoms with van der Waals surface area (Å²) in [6.07, 6.45) is 3.65. The third-order valence-corrected chi connectivity index (χ3v) is 1.81. The molecule has 4 heteroatoms. The van der Waals surface area contributed by atoms with E-state index in [-0.39, 0.29) is 0 Å². The maximum atomic E-state index is 4.17. The quantitative estimate of drug-likeness (QED) is 0.566. The van der Waals surface area contributed by atoms with Crippen molar-refractivity contribution in [2.45, 2.75) is 0 Å². The van der Waals surface area contributed by atoms with E-state index in [1.807, 2.05) is 64.9 Å². The van der Waals surface area contributed by atoms with Gasteiger partial charge in [0.15, 0.2) is 0 Å². The van der Waals surface area contributed by atoms with Crippen LogP contribution in [0.5, 0.6) is 0 Å². The molecule has 1 aromatic rings. The highest BCUT2D eigenvalue weighted by molar-refractivity contribution is 5.83. The summed E-state index contributed by atoms with van der Waals surface area (Å²) in [5.74, 6) is 0. The first-order chi connectivity index (χ1) is 7.58. The minimum atomic E-state index is 1.08. The van der Waals surface area contributed by atoms with Crippen LogP contribution >= 0.6 is 0 Å². The molecule has 1 rings (SSSR count). The van der Waals surface area contributed by atoms with Crippen LogP contribution in [0, 0.1) is 0 Å². The summed E-state index contributed by atoms with van der Waals surface area (Å²) in [7, 11) is 7.59. The fourth-order valence-electron chi connectivity index (χ4n) is 1.03. The number of hydrogen-bond donors (Lipinski definition) is 0. The first-order valence-corrected chi connectivity index (χ1v) is 5.10. The Hall–Kier alpha value is -1.84. The topological polar surface area (TPSA) is 31.2 Å². The van der Waals surface area contributed by atoms with Crippen LogP contribution in [0.3, 0.4) is 0 Å². The van der Waals surface area contributed by atoms with E-state index in [1.54, 1.807) is 10.0 Å². The monoisotopic (exact) mass is 218 g/mol. The van der Waals surface area contributed by atoms with Gasteiger partial charge in [-0.05, 0) is 11.1 Å². The lowest BCUT2D eigenvalue weighted by Crippen LogP contribution is -2.02. The van der Waals surface area contributed by atoms with Crippen LogP contribution in [-0.4, -0.2) is 50.6 Å². The van der Waals surface area contributed by atoms with Crippen molar-refractivity contribution in [2.24, 2.45) is 10.2 Å². The predicted molar refractivity (Wildman–Crippen MR) is 69.0 cm³/mol. The van der Waals surface area contributed by atoms with Gasteiger partial charge in [0.05, 0.1) is 12.4 Å². The Morgan fingerprint density at radius 3 is 1.31 bits per heavy atom. The largest absolute Gasteiger partial charge is 0.303 e. The molecule has 0 radical (unpaired) electrons. The van der Waals surface area contributed by atoms with Crippen LogP contribution in [0.15, 0.2) is 34.5 Å². The SMILES string of the molecule is CN(C)N=Cc1ccc(C=NN(C)C)cc1. The van der Waals surface area contributed by atoms with Crippen LogP contribution in [0.2, 0.25) is 0 Å². The molecule has 0 amide bonds. The zero-order valence-electron chi connectivity index (χ0n) is 10.3. The Balaban J connectivity index is 2.68. The van der Waals surface area contributed by atoms with Gasteiger partial charge in [-0.15, -0.1) is 0 Å². The lowest BCUT2D eigenvalue weighted by molar-refractivity contribution is 0.440. The number of hydrazone groups is 2. The molecule has 0 atom stereocenters. The second-order valence-electron chi connectivity index (χ2n) is 3.85. The van der Waals surface area contributed by atoms with Gasteiger partial charge in [-0.1, -0.05) is 24.3 Å². The molecule has 0 N–H and O–H groups in total. The van der Waals surface area contributed by atoms with Crippen molar-refractivity contribution in [3.8, 4) is 0 Å². The van der Waals surface area contributed by atoms with E-state index in [2.05, 4.69) is 10.2 Å². The molecule has 4 nitrogen and oxygen atoms in total. The van der Waals surface area contributed by atoms with E-state index in [9.17, 15) is 0 Å². The molecule has 0 aromatic heterocycles. The number of rotatable bonds is 4. The van der Waals surface area contributed by atoms with Gasteiger partial charge in [0.2, 0.25) is 0 Å². The molecule has 0 aliphatic carbocycles. The molecule has 0 bridgehead atoms. The molecule has 0 saturated carbocycles. The van der Waals surface area contributed by atoms with Gasteiger partial charge >= 0.3 is 0 Å². The van der Waals surface area contributed by atoms with Gasteiger partial charge in [-0.2, -0.15) is 10.2 Å². The number of nitrogens with zero attached hydrogens (tertiary/aromatic N) is 4. The van der Waals surface area contributed by atoms with Crippen LogP contribution < -0.4 is 0 Å². The van der Waals surface area contributed by atoms with E-state index in [0.717, 1.165) is 11.1 Å². The summed E-state index contributed by atoms with van der Waals surface area (Å²) in [4.78, 5) is 0. The van der Waals surface area contributed by atoms with E-state index in [1.165, 1.54) is 0 Å². The van der Waals surface area contributed by atoms with Crippen LogP contribution in [0.25, 0.3) is 0 Å². The molecule has 0 heterocycles. The minimum absolute atomic E-state index is 1.08. The third-order valence-electron chi connectivity index (χ3n) is 1.81. The Labute approximate surface area is 96.9 Å². The minimum Gasteiger partial charge on any atom is -0.303 e. The summed E-state index contributed by atoms with van der Waals surface area (Å²) in [6, 6.07) is 8.07. The van der Waals surface area contributed by atoms with Crippen molar-refractivity contribution in [1.29, 1.82) is 0 Å². The van der Waals surface area contributed by atoms with E-state index >= 15 is 0 Å². The molecule has 86 valence electrons. The van der Waals surface area contributed by atoms with Gasteiger partial charge in [0, 0.05) is 28.2 Å². The van der Waals surface area contributed by atoms with Crippen molar-refractivity contribution in [1.82, 2.24) is 10.0 Å². The summed E-state index contributed by atoms with van der Waals surface area (Å²) >= 11 is 0. The normalized spacial score (nSPS) is 11.2. The lowest BCUT2D eigenvalue weighted by Gasteiger charge is -2.03. The van der Waals surface area contributed by atoms with E-state index in [4.69, 9.17) is 0 Å². The van der Waals surface area contributed by atoms with E-state index < -0.39 is 0 Å². The zero-order valence-corrected chi connectivity index (χ0v) is 10.3. The summed E-state index contributed by atoms with van der Waals surface area (Å²) < 4.78 is 0. The standard InChI is InChI=1S/C12H18N4/c1-15(2)13-9-11-5-7-12(8-6-11)10-14-16(3)4/h5-10H,1-4H3. The maximum absolute atomic E-state index is 4.17. The maximum Gasteiger partial charge on any atom is 0.0542 e. The number of hydrogen-bond acceptors (Lipinski definition) is 4. The Bertz CT molecular complexity index is 326. The fourth-order valence-corrected chi connectivity index (χ4v) is 1.03. The first-order valence-electron chi connectivity index (χ1n) is 5.10. The molecule has 16 heavy (non-hydrogen) atoms. The van der Waals surface area contributed by atoms with Crippen molar-refractivity contribution >= 4 is 12.4 Å². The number of benzene rings is 1. The predicted octanol–water partition coefficient (Wildman–Crippen LogP) is 1.48. The first kappa shape index (κ1) is 12.2. The molecule has 0 saturated heterocycles. The fraction of sp³-hybridized carbons (Fsp3) is 0.333. The zero-order chi connectivity index (χ0) is 12.0. The smallest absolute Gasteiger partial charge is 0.0542 e. The van der Waals surface area contributed by atoms with Crippen molar-refractivity contribution in [3.05, 3.63) is 35.4 Å². The van der Waals surface area contributed by atoms with E-state index in [0.29, 0.717) is 0 Å². The van der Waals surface area contributed by atoms with Crippen molar-refractivity contribution in [2.75, 3.05) is 28.2 Å². The second kappa shape index (κ2) is 5.90. The third kappa shape index (κ3) is 4.59. The molecular formula is C12H18N4. The van der Waals surface area contributed by atoms with Crippen molar-refractivity contribution < 1.29 is 0 Å². The van der Waals surface area contributed by atoms with Gasteiger partial charge < -0.3 is 10.0 Å². The molecule has 0 aliphatic rings. The molecular weight excluding hydrogens is 200 g/mol. The van der Waals surface area contributed by atoms with Crippen molar-refractivity contribution in [3.63, 3.8) is 0 Å². The molecule has 0 fully saturated rings. The Kier molecular flexibility index (Phi) is 4.51. The second-order valence-corrected chi connectivity index (χ2v) is 3.85. The van der Waals surface area contributed by atoms with Gasteiger partial charge in [-0.25, -0.2) is 0 Å². The van der Waals surface area contributed by atoms with Crippen LogP contribution in [0.4, 0.5) is 0 Å². The summed E-state index contributed by atoms with van der Waals surface area (Å²) in [6.45, 7) is 0. The Morgan fingerprint density at radius 1 is 0.750 bits per heavy atom. The molecule has 1 aromatic carbocycles. The van der Waals surface area contributed by atoms with Crippen LogP contribution in [-0.2, 0) is 0 Å². The lowest BCUT2D eigenvalue weighted by atomic mass is 10.2. The highest BCUT2D eigenvalue weighted by atomic mass is 15.4. The Morgan fingerprint density at radius 2 is 1.06 bits per heavy atom. The molecule has 0 unspecified atom stereocenters. The highest BCUT2D eigenvalue weighted by Gasteiger charge is 1.90. The van der Waals surface area contributed by atoms with Gasteiger partial charge in [-0.3, -0.25) is 0 Å². The summed E-state index contributed by atoms with van der Waals surface area (Å²) in [5.41, 5.74) is 2.16. The van der Waals surface area contributed by atoms with Crippen LogP contribution in [0.1, 0.15) is 11.1 Å². The average molecular weight is 218 g/mol. The molecule has 0 aliphatic heterocycles. The molecule has 0 spiro atoms. The van der Waals surface area contributed by atoms with Gasteiger partial charge in [0.25, 0.3) is 0 Å².